The first-order chi connectivity index (χ1) is 10.5. The molecule has 1 heterocycles. The Labute approximate surface area is 133 Å². The highest BCUT2D eigenvalue weighted by Gasteiger charge is 2.44. The summed E-state index contributed by atoms with van der Waals surface area (Å²) in [6, 6.07) is 0. The fraction of sp³-hybridized carbons (Fsp3) is 1.00. The molecule has 6 atom stereocenters. The predicted molar refractivity (Wildman–Crippen MR) is 82.3 cm³/mol. The first-order valence-electron chi connectivity index (χ1n) is 8.43. The van der Waals surface area contributed by atoms with Crippen LogP contribution in [0, 0.1) is 5.92 Å². The largest absolute Gasteiger partial charge is 0.394 e. The van der Waals surface area contributed by atoms with Crippen molar-refractivity contribution in [1.29, 1.82) is 0 Å². The molecule has 0 saturated carbocycles. The molecule has 0 aromatic rings. The smallest absolute Gasteiger partial charge is 0.186 e. The van der Waals surface area contributed by atoms with Crippen molar-refractivity contribution in [1.82, 2.24) is 0 Å². The minimum absolute atomic E-state index is 0.328. The molecule has 0 radical (unpaired) electrons. The van der Waals surface area contributed by atoms with Crippen LogP contribution >= 0.6 is 0 Å². The van der Waals surface area contributed by atoms with Gasteiger partial charge < -0.3 is 29.9 Å². The van der Waals surface area contributed by atoms with Crippen molar-refractivity contribution in [2.45, 2.75) is 83.1 Å². The molecule has 0 amide bonds. The SMILES string of the molecule is CCCCCCCC(C)CO[C@@H]1O[C@H](CO)[C@@H](O)[C@H](O)[C@H]1O. The second-order valence-corrected chi connectivity index (χ2v) is 6.34. The number of hydrogen-bond donors (Lipinski definition) is 4. The van der Waals surface area contributed by atoms with E-state index >= 15 is 0 Å². The minimum Gasteiger partial charge on any atom is -0.394 e. The van der Waals surface area contributed by atoms with Crippen molar-refractivity contribution < 1.29 is 29.9 Å². The molecule has 0 aromatic heterocycles. The van der Waals surface area contributed by atoms with Gasteiger partial charge in [-0.05, 0) is 12.3 Å². The van der Waals surface area contributed by atoms with Gasteiger partial charge >= 0.3 is 0 Å². The van der Waals surface area contributed by atoms with Gasteiger partial charge in [-0.15, -0.1) is 0 Å². The fourth-order valence-electron chi connectivity index (χ4n) is 2.64. The zero-order valence-corrected chi connectivity index (χ0v) is 13.7. The van der Waals surface area contributed by atoms with Crippen LogP contribution in [-0.2, 0) is 9.47 Å². The van der Waals surface area contributed by atoms with Crippen molar-refractivity contribution in [3.05, 3.63) is 0 Å². The Morgan fingerprint density at radius 1 is 1.00 bits per heavy atom. The van der Waals surface area contributed by atoms with E-state index in [-0.39, 0.29) is 0 Å². The van der Waals surface area contributed by atoms with E-state index in [1.165, 1.54) is 25.7 Å². The number of aliphatic hydroxyl groups excluding tert-OH is 4. The Hall–Kier alpha value is -0.240. The lowest BCUT2D eigenvalue weighted by atomic mass is 9.99. The average molecular weight is 320 g/mol. The molecule has 1 rings (SSSR count). The molecule has 0 aliphatic carbocycles. The molecule has 132 valence electrons. The zero-order valence-electron chi connectivity index (χ0n) is 13.7. The van der Waals surface area contributed by atoms with E-state index in [0.29, 0.717) is 12.5 Å². The van der Waals surface area contributed by atoms with Crippen LogP contribution in [0.15, 0.2) is 0 Å². The molecule has 6 heteroatoms. The van der Waals surface area contributed by atoms with E-state index in [1.807, 2.05) is 0 Å². The van der Waals surface area contributed by atoms with Crippen LogP contribution in [0.2, 0.25) is 0 Å². The first-order valence-corrected chi connectivity index (χ1v) is 8.43. The first kappa shape index (κ1) is 19.8. The summed E-state index contributed by atoms with van der Waals surface area (Å²) in [5.41, 5.74) is 0. The minimum atomic E-state index is -1.37. The normalized spacial score (nSPS) is 33.8. The van der Waals surface area contributed by atoms with E-state index in [2.05, 4.69) is 13.8 Å². The third kappa shape index (κ3) is 6.10. The number of rotatable bonds is 10. The molecular formula is C16H32O6. The summed E-state index contributed by atoms with van der Waals surface area (Å²) in [7, 11) is 0. The molecule has 22 heavy (non-hydrogen) atoms. The highest BCUT2D eigenvalue weighted by atomic mass is 16.7. The molecule has 0 bridgehead atoms. The van der Waals surface area contributed by atoms with E-state index in [0.717, 1.165) is 12.8 Å². The predicted octanol–water partition coefficient (Wildman–Crippen LogP) is 0.799. The van der Waals surface area contributed by atoms with Crippen molar-refractivity contribution in [2.75, 3.05) is 13.2 Å². The monoisotopic (exact) mass is 320 g/mol. The van der Waals surface area contributed by atoms with Crippen molar-refractivity contribution in [2.24, 2.45) is 5.92 Å². The molecule has 0 spiro atoms. The summed E-state index contributed by atoms with van der Waals surface area (Å²) in [6.45, 7) is 4.25. The van der Waals surface area contributed by atoms with Gasteiger partial charge in [0.25, 0.3) is 0 Å². The van der Waals surface area contributed by atoms with Gasteiger partial charge in [0.05, 0.1) is 13.2 Å². The van der Waals surface area contributed by atoms with Crippen LogP contribution < -0.4 is 0 Å². The van der Waals surface area contributed by atoms with Crippen LogP contribution in [0.5, 0.6) is 0 Å². The summed E-state index contributed by atoms with van der Waals surface area (Å²) in [4.78, 5) is 0. The zero-order chi connectivity index (χ0) is 16.5. The van der Waals surface area contributed by atoms with Gasteiger partial charge in [0.1, 0.15) is 24.4 Å². The second kappa shape index (κ2) is 10.5. The fourth-order valence-corrected chi connectivity index (χ4v) is 2.64. The summed E-state index contributed by atoms with van der Waals surface area (Å²) >= 11 is 0. The number of ether oxygens (including phenoxy) is 2. The standard InChI is InChI=1S/C16H32O6/c1-3-4-5-6-7-8-11(2)10-21-16-15(20)14(19)13(18)12(9-17)22-16/h11-20H,3-10H2,1-2H3/t11?,12-,13-,14+,15-,16-/m1/s1. The van der Waals surface area contributed by atoms with Crippen LogP contribution in [-0.4, -0.2) is 64.3 Å². The van der Waals surface area contributed by atoms with Gasteiger partial charge in [0.2, 0.25) is 0 Å². The van der Waals surface area contributed by atoms with Gasteiger partial charge in [0.15, 0.2) is 6.29 Å². The summed E-state index contributed by atoms with van der Waals surface area (Å²) in [5, 5.41) is 38.4. The topological polar surface area (TPSA) is 99.4 Å². The van der Waals surface area contributed by atoms with Gasteiger partial charge in [-0.1, -0.05) is 46.0 Å². The van der Waals surface area contributed by atoms with Crippen molar-refractivity contribution >= 4 is 0 Å². The molecule has 1 fully saturated rings. The number of hydrogen-bond acceptors (Lipinski definition) is 6. The maximum absolute atomic E-state index is 9.87. The lowest BCUT2D eigenvalue weighted by Crippen LogP contribution is -2.59. The number of aliphatic hydroxyl groups is 4. The highest BCUT2D eigenvalue weighted by Crippen LogP contribution is 2.23. The maximum Gasteiger partial charge on any atom is 0.186 e. The lowest BCUT2D eigenvalue weighted by Gasteiger charge is -2.39. The second-order valence-electron chi connectivity index (χ2n) is 6.34. The molecule has 4 N–H and O–H groups in total. The van der Waals surface area contributed by atoms with E-state index in [4.69, 9.17) is 14.6 Å². The quantitative estimate of drug-likeness (QED) is 0.444. The summed E-state index contributed by atoms with van der Waals surface area (Å²) in [6.07, 6.45) is 1.23. The van der Waals surface area contributed by atoms with Crippen molar-refractivity contribution in [3.63, 3.8) is 0 Å². The van der Waals surface area contributed by atoms with Gasteiger partial charge in [0, 0.05) is 0 Å². The Balaban J connectivity index is 2.27. The van der Waals surface area contributed by atoms with Crippen LogP contribution in [0.1, 0.15) is 52.4 Å². The number of unbranched alkanes of at least 4 members (excludes halogenated alkanes) is 4. The molecule has 1 aliphatic heterocycles. The molecule has 6 nitrogen and oxygen atoms in total. The van der Waals surface area contributed by atoms with E-state index in [9.17, 15) is 15.3 Å². The molecule has 0 aromatic carbocycles. The van der Waals surface area contributed by atoms with E-state index < -0.39 is 37.3 Å². The van der Waals surface area contributed by atoms with Crippen molar-refractivity contribution in [3.8, 4) is 0 Å². The third-order valence-corrected chi connectivity index (χ3v) is 4.19. The lowest BCUT2D eigenvalue weighted by molar-refractivity contribution is -0.303. The molecule has 1 unspecified atom stereocenters. The maximum atomic E-state index is 9.87. The van der Waals surface area contributed by atoms with Crippen LogP contribution in [0.25, 0.3) is 0 Å². The molecular weight excluding hydrogens is 288 g/mol. The molecule has 1 aliphatic rings. The average Bonchev–Trinajstić information content (AvgIpc) is 2.52. The van der Waals surface area contributed by atoms with Gasteiger partial charge in [-0.25, -0.2) is 0 Å². The van der Waals surface area contributed by atoms with Gasteiger partial charge in [-0.3, -0.25) is 0 Å². The van der Waals surface area contributed by atoms with Crippen LogP contribution in [0.3, 0.4) is 0 Å². The Morgan fingerprint density at radius 2 is 1.68 bits per heavy atom. The third-order valence-electron chi connectivity index (χ3n) is 4.19. The van der Waals surface area contributed by atoms with Gasteiger partial charge in [-0.2, -0.15) is 0 Å². The van der Waals surface area contributed by atoms with E-state index in [1.54, 1.807) is 0 Å². The summed E-state index contributed by atoms with van der Waals surface area (Å²) in [5.74, 6) is 0.328. The highest BCUT2D eigenvalue weighted by molar-refractivity contribution is 4.88. The van der Waals surface area contributed by atoms with Crippen LogP contribution in [0.4, 0.5) is 0 Å². The Kier molecular flexibility index (Phi) is 9.47. The Bertz CT molecular complexity index is 286. The summed E-state index contributed by atoms with van der Waals surface area (Å²) < 4.78 is 10.8. The molecule has 1 saturated heterocycles. The Morgan fingerprint density at radius 3 is 2.32 bits per heavy atom.